The fourth-order valence-corrected chi connectivity index (χ4v) is 3.12. The number of ether oxygens (including phenoxy) is 2. The third kappa shape index (κ3) is 3.64. The van der Waals surface area contributed by atoms with Crippen molar-refractivity contribution in [3.63, 3.8) is 0 Å². The second kappa shape index (κ2) is 7.20. The van der Waals surface area contributed by atoms with Gasteiger partial charge in [-0.15, -0.1) is 0 Å². The van der Waals surface area contributed by atoms with E-state index in [1.165, 1.54) is 5.56 Å². The zero-order chi connectivity index (χ0) is 18.0. The summed E-state index contributed by atoms with van der Waals surface area (Å²) in [5, 5.41) is 9.44. The number of nitriles is 1. The standard InChI is InChI=1S/C20H25N3O2/c1-13(2)15-7-6-14(3)19(9-15)25-20-18(22)10-16(11-21)23(20)12-17-5-4-8-24-17/h6-7,9-10,13,17H,4-5,8,12,22H2,1-3H3. The predicted octanol–water partition coefficient (Wildman–Crippen LogP) is 4.35. The van der Waals surface area contributed by atoms with Crippen molar-refractivity contribution in [2.24, 2.45) is 0 Å². The Morgan fingerprint density at radius 1 is 1.40 bits per heavy atom. The summed E-state index contributed by atoms with van der Waals surface area (Å²) in [5.41, 5.74) is 9.37. The first-order valence-corrected chi connectivity index (χ1v) is 8.78. The van der Waals surface area contributed by atoms with Crippen molar-refractivity contribution in [1.29, 1.82) is 5.26 Å². The highest BCUT2D eigenvalue weighted by atomic mass is 16.5. The molecular weight excluding hydrogens is 314 g/mol. The van der Waals surface area contributed by atoms with Crippen LogP contribution < -0.4 is 10.5 Å². The van der Waals surface area contributed by atoms with Crippen molar-refractivity contribution in [3.05, 3.63) is 41.1 Å². The number of aryl methyl sites for hydroxylation is 1. The van der Waals surface area contributed by atoms with E-state index in [1.54, 1.807) is 6.07 Å². The van der Waals surface area contributed by atoms with Gasteiger partial charge >= 0.3 is 0 Å². The molecule has 0 radical (unpaired) electrons. The molecule has 0 spiro atoms. The molecule has 5 nitrogen and oxygen atoms in total. The Morgan fingerprint density at radius 3 is 2.84 bits per heavy atom. The number of rotatable bonds is 5. The van der Waals surface area contributed by atoms with Gasteiger partial charge in [-0.05, 0) is 42.9 Å². The summed E-state index contributed by atoms with van der Waals surface area (Å²) >= 11 is 0. The van der Waals surface area contributed by atoms with Crippen LogP contribution in [0.1, 0.15) is 49.4 Å². The zero-order valence-electron chi connectivity index (χ0n) is 15.1. The van der Waals surface area contributed by atoms with Crippen molar-refractivity contribution in [1.82, 2.24) is 4.57 Å². The molecule has 5 heteroatoms. The van der Waals surface area contributed by atoms with E-state index >= 15 is 0 Å². The van der Waals surface area contributed by atoms with Crippen molar-refractivity contribution in [2.75, 3.05) is 12.3 Å². The van der Waals surface area contributed by atoms with E-state index in [4.69, 9.17) is 15.2 Å². The summed E-state index contributed by atoms with van der Waals surface area (Å²) < 4.78 is 13.7. The van der Waals surface area contributed by atoms with Gasteiger partial charge in [0, 0.05) is 12.7 Å². The lowest BCUT2D eigenvalue weighted by Gasteiger charge is -2.17. The fraction of sp³-hybridized carbons (Fsp3) is 0.450. The average Bonchev–Trinajstić information content (AvgIpc) is 3.19. The van der Waals surface area contributed by atoms with Gasteiger partial charge in [0.05, 0.1) is 18.3 Å². The minimum atomic E-state index is 0.101. The van der Waals surface area contributed by atoms with Crippen LogP contribution in [-0.4, -0.2) is 17.3 Å². The number of hydrogen-bond acceptors (Lipinski definition) is 4. The molecular formula is C20H25N3O2. The quantitative estimate of drug-likeness (QED) is 0.879. The lowest BCUT2D eigenvalue weighted by atomic mass is 10.0. The van der Waals surface area contributed by atoms with E-state index in [0.717, 1.165) is 30.8 Å². The second-order valence-corrected chi connectivity index (χ2v) is 6.93. The maximum atomic E-state index is 9.44. The van der Waals surface area contributed by atoms with E-state index in [0.29, 0.717) is 29.7 Å². The van der Waals surface area contributed by atoms with Crippen molar-refractivity contribution in [2.45, 2.75) is 52.2 Å². The van der Waals surface area contributed by atoms with Gasteiger partial charge in [-0.1, -0.05) is 26.0 Å². The molecule has 2 N–H and O–H groups in total. The summed E-state index contributed by atoms with van der Waals surface area (Å²) in [5.74, 6) is 1.71. The minimum absolute atomic E-state index is 0.101. The SMILES string of the molecule is Cc1ccc(C(C)C)cc1Oc1c(N)cc(C#N)n1CC1CCCO1. The molecule has 0 aliphatic carbocycles. The summed E-state index contributed by atoms with van der Waals surface area (Å²) in [6, 6.07) is 10.1. The van der Waals surface area contributed by atoms with E-state index < -0.39 is 0 Å². The first-order chi connectivity index (χ1) is 12.0. The third-order valence-corrected chi connectivity index (χ3v) is 4.69. The first-order valence-electron chi connectivity index (χ1n) is 8.78. The van der Waals surface area contributed by atoms with Crippen LogP contribution in [0.15, 0.2) is 24.3 Å². The number of nitrogens with zero attached hydrogens (tertiary/aromatic N) is 2. The summed E-state index contributed by atoms with van der Waals surface area (Å²) in [6.07, 6.45) is 2.14. The Balaban J connectivity index is 1.95. The minimum Gasteiger partial charge on any atom is -0.438 e. The second-order valence-electron chi connectivity index (χ2n) is 6.93. The van der Waals surface area contributed by atoms with Crippen LogP contribution in [0.2, 0.25) is 0 Å². The zero-order valence-corrected chi connectivity index (χ0v) is 15.1. The molecule has 2 heterocycles. The Kier molecular flexibility index (Phi) is 5.00. The average molecular weight is 339 g/mol. The highest BCUT2D eigenvalue weighted by Crippen LogP contribution is 2.35. The van der Waals surface area contributed by atoms with Gasteiger partial charge < -0.3 is 15.2 Å². The molecule has 1 atom stereocenters. The smallest absolute Gasteiger partial charge is 0.224 e. The third-order valence-electron chi connectivity index (χ3n) is 4.69. The van der Waals surface area contributed by atoms with Gasteiger partial charge in [-0.2, -0.15) is 5.26 Å². The first kappa shape index (κ1) is 17.4. The van der Waals surface area contributed by atoms with Crippen molar-refractivity contribution >= 4 is 5.69 Å². The lowest BCUT2D eigenvalue weighted by Crippen LogP contribution is -2.16. The lowest BCUT2D eigenvalue weighted by molar-refractivity contribution is 0.0952. The highest BCUT2D eigenvalue weighted by molar-refractivity contribution is 5.57. The highest BCUT2D eigenvalue weighted by Gasteiger charge is 2.22. The molecule has 3 rings (SSSR count). The van der Waals surface area contributed by atoms with Gasteiger partial charge in [-0.3, -0.25) is 4.57 Å². The normalized spacial score (nSPS) is 17.0. The van der Waals surface area contributed by atoms with Crippen LogP contribution in [0, 0.1) is 18.3 Å². The van der Waals surface area contributed by atoms with Crippen molar-refractivity contribution < 1.29 is 9.47 Å². The van der Waals surface area contributed by atoms with Crippen LogP contribution in [0.25, 0.3) is 0 Å². The van der Waals surface area contributed by atoms with E-state index in [9.17, 15) is 5.26 Å². The molecule has 1 saturated heterocycles. The topological polar surface area (TPSA) is 73.2 Å². The van der Waals surface area contributed by atoms with Crippen LogP contribution in [0.3, 0.4) is 0 Å². The monoisotopic (exact) mass is 339 g/mol. The van der Waals surface area contributed by atoms with Gasteiger partial charge in [0.1, 0.15) is 17.5 Å². The van der Waals surface area contributed by atoms with Crippen LogP contribution in [-0.2, 0) is 11.3 Å². The molecule has 1 aromatic heterocycles. The van der Waals surface area contributed by atoms with Gasteiger partial charge in [0.15, 0.2) is 0 Å². The van der Waals surface area contributed by atoms with E-state index in [1.807, 2.05) is 11.5 Å². The Bertz CT molecular complexity index is 796. The summed E-state index contributed by atoms with van der Waals surface area (Å²) in [4.78, 5) is 0. The molecule has 25 heavy (non-hydrogen) atoms. The molecule has 1 unspecified atom stereocenters. The molecule has 1 aromatic carbocycles. The molecule has 0 amide bonds. The predicted molar refractivity (Wildman–Crippen MR) is 97.9 cm³/mol. The van der Waals surface area contributed by atoms with Crippen LogP contribution in [0.4, 0.5) is 5.69 Å². The van der Waals surface area contributed by atoms with Gasteiger partial charge in [-0.25, -0.2) is 0 Å². The number of anilines is 1. The molecule has 0 bridgehead atoms. The Labute approximate surface area is 149 Å². The Hall–Kier alpha value is -2.45. The van der Waals surface area contributed by atoms with Crippen LogP contribution >= 0.6 is 0 Å². The number of hydrogen-bond donors (Lipinski definition) is 1. The molecule has 1 aliphatic heterocycles. The van der Waals surface area contributed by atoms with E-state index in [2.05, 4.69) is 38.1 Å². The maximum Gasteiger partial charge on any atom is 0.224 e. The van der Waals surface area contributed by atoms with E-state index in [-0.39, 0.29) is 6.10 Å². The number of aromatic nitrogens is 1. The molecule has 0 saturated carbocycles. The fourth-order valence-electron chi connectivity index (χ4n) is 3.12. The molecule has 132 valence electrons. The maximum absolute atomic E-state index is 9.44. The Morgan fingerprint density at radius 2 is 2.20 bits per heavy atom. The summed E-state index contributed by atoms with van der Waals surface area (Å²) in [7, 11) is 0. The number of nitrogens with two attached hydrogens (primary N) is 1. The number of benzene rings is 1. The summed E-state index contributed by atoms with van der Waals surface area (Å²) in [6.45, 7) is 7.66. The van der Waals surface area contributed by atoms with Crippen LogP contribution in [0.5, 0.6) is 11.6 Å². The van der Waals surface area contributed by atoms with Gasteiger partial charge in [0.2, 0.25) is 5.88 Å². The largest absolute Gasteiger partial charge is 0.438 e. The number of nitrogen functional groups attached to an aromatic ring is 1. The molecule has 2 aromatic rings. The molecule has 1 fully saturated rings. The molecule has 1 aliphatic rings. The van der Waals surface area contributed by atoms with Crippen molar-refractivity contribution in [3.8, 4) is 17.7 Å². The van der Waals surface area contributed by atoms with Gasteiger partial charge in [0.25, 0.3) is 0 Å².